The lowest BCUT2D eigenvalue weighted by Gasteiger charge is -2.45. The summed E-state index contributed by atoms with van der Waals surface area (Å²) in [5.41, 5.74) is -0.0257. The predicted molar refractivity (Wildman–Crippen MR) is 77.6 cm³/mol. The molecule has 0 radical (unpaired) electrons. The summed E-state index contributed by atoms with van der Waals surface area (Å²) >= 11 is 0. The van der Waals surface area contributed by atoms with Gasteiger partial charge >= 0.3 is 12.1 Å². The summed E-state index contributed by atoms with van der Waals surface area (Å²) in [6, 6.07) is -0.969. The fourth-order valence-electron chi connectivity index (χ4n) is 3.63. The number of halogens is 3. The number of allylic oxidation sites excluding steroid dienone is 2. The molecule has 0 heterocycles. The Hall–Kier alpha value is -1.53. The second-order valence-electron chi connectivity index (χ2n) is 6.82. The Bertz CT molecular complexity index is 525. The highest BCUT2D eigenvalue weighted by Crippen LogP contribution is 2.50. The van der Waals surface area contributed by atoms with Crippen LogP contribution in [0, 0.1) is 17.8 Å². The molecule has 0 saturated heterocycles. The average molecular weight is 333 g/mol. The Balaban J connectivity index is 2.29. The van der Waals surface area contributed by atoms with Gasteiger partial charge in [0.05, 0.1) is 0 Å². The van der Waals surface area contributed by atoms with Crippen molar-refractivity contribution in [3.05, 3.63) is 11.3 Å². The summed E-state index contributed by atoms with van der Waals surface area (Å²) in [7, 11) is 0. The maximum absolute atomic E-state index is 12.8. The molecule has 0 aromatic rings. The van der Waals surface area contributed by atoms with Gasteiger partial charge in [0.2, 0.25) is 0 Å². The van der Waals surface area contributed by atoms with Crippen LogP contribution in [0.3, 0.4) is 0 Å². The molecule has 0 aliphatic heterocycles. The van der Waals surface area contributed by atoms with Crippen molar-refractivity contribution >= 4 is 11.8 Å². The van der Waals surface area contributed by atoms with E-state index in [2.05, 4.69) is 5.32 Å². The Kier molecular flexibility index (Phi) is 5.06. The number of aliphatic carboxylic acids is 1. The van der Waals surface area contributed by atoms with Gasteiger partial charge < -0.3 is 10.4 Å². The molecule has 7 heteroatoms. The SMILES string of the molecule is CC(C)CC(NC1=C(C(=O)C(F)(F)F)C2CCCCC12)C(=O)O. The number of carbonyl (C=O) groups is 2. The zero-order chi connectivity index (χ0) is 17.4. The fraction of sp³-hybridized carbons (Fsp3) is 0.750. The van der Waals surface area contributed by atoms with Crippen molar-refractivity contribution < 1.29 is 27.9 Å². The van der Waals surface area contributed by atoms with Crippen molar-refractivity contribution in [3.8, 4) is 0 Å². The van der Waals surface area contributed by atoms with Crippen LogP contribution in [-0.2, 0) is 9.59 Å². The summed E-state index contributed by atoms with van der Waals surface area (Å²) in [5.74, 6) is -3.37. The number of carboxylic acids is 1. The molecule has 0 aromatic heterocycles. The second-order valence-corrected chi connectivity index (χ2v) is 6.82. The summed E-state index contributed by atoms with van der Waals surface area (Å²) in [5, 5.41) is 12.0. The first kappa shape index (κ1) is 17.8. The molecule has 1 fully saturated rings. The van der Waals surface area contributed by atoms with E-state index in [1.807, 2.05) is 13.8 Å². The number of rotatable bonds is 6. The van der Waals surface area contributed by atoms with Crippen LogP contribution in [0.25, 0.3) is 0 Å². The number of carboxylic acid groups (broad SMARTS) is 1. The third-order valence-corrected chi connectivity index (χ3v) is 4.63. The van der Waals surface area contributed by atoms with E-state index >= 15 is 0 Å². The first-order chi connectivity index (χ1) is 10.6. The highest BCUT2D eigenvalue weighted by Gasteiger charge is 2.52. The van der Waals surface area contributed by atoms with Crippen LogP contribution >= 0.6 is 0 Å². The Labute approximate surface area is 133 Å². The highest BCUT2D eigenvalue weighted by atomic mass is 19.4. The Morgan fingerprint density at radius 1 is 1.22 bits per heavy atom. The van der Waals surface area contributed by atoms with E-state index in [-0.39, 0.29) is 29.0 Å². The largest absolute Gasteiger partial charge is 0.480 e. The molecule has 23 heavy (non-hydrogen) atoms. The number of Topliss-reactive ketones (excluding diaryl/α,β-unsaturated/α-hetero) is 1. The van der Waals surface area contributed by atoms with E-state index in [0.717, 1.165) is 12.8 Å². The number of ketones is 1. The second kappa shape index (κ2) is 6.53. The number of hydrogen-bond acceptors (Lipinski definition) is 3. The smallest absolute Gasteiger partial charge is 0.454 e. The number of alkyl halides is 3. The number of fused-ring (bicyclic) bond motifs is 1. The van der Waals surface area contributed by atoms with Gasteiger partial charge in [-0.25, -0.2) is 4.79 Å². The van der Waals surface area contributed by atoms with Crippen LogP contribution in [-0.4, -0.2) is 29.1 Å². The number of carbonyl (C=O) groups excluding carboxylic acids is 1. The van der Waals surface area contributed by atoms with Gasteiger partial charge in [0.1, 0.15) is 6.04 Å². The van der Waals surface area contributed by atoms with Crippen LogP contribution in [0.4, 0.5) is 13.2 Å². The van der Waals surface area contributed by atoms with Crippen molar-refractivity contribution in [1.82, 2.24) is 5.32 Å². The normalized spacial score (nSPS) is 25.7. The minimum absolute atomic E-state index is 0.0770. The van der Waals surface area contributed by atoms with Gasteiger partial charge in [-0.2, -0.15) is 13.2 Å². The molecular formula is C16H22F3NO3. The molecule has 2 aliphatic rings. The monoisotopic (exact) mass is 333 g/mol. The van der Waals surface area contributed by atoms with Gasteiger partial charge in [0.25, 0.3) is 5.78 Å². The van der Waals surface area contributed by atoms with Gasteiger partial charge in [0.15, 0.2) is 0 Å². The standard InChI is InChI=1S/C16H22F3NO3/c1-8(2)7-11(15(22)23)20-13-10-6-4-3-5-9(10)12(13)14(21)16(17,18)19/h8-11,20H,3-7H2,1-2H3,(H,22,23). The maximum atomic E-state index is 12.8. The highest BCUT2D eigenvalue weighted by molar-refractivity contribution is 6.02. The molecule has 2 N–H and O–H groups in total. The van der Waals surface area contributed by atoms with Crippen molar-refractivity contribution in [2.24, 2.45) is 17.8 Å². The van der Waals surface area contributed by atoms with Crippen LogP contribution in [0.2, 0.25) is 0 Å². The van der Waals surface area contributed by atoms with Gasteiger partial charge in [-0.1, -0.05) is 26.7 Å². The van der Waals surface area contributed by atoms with Gasteiger partial charge in [-0.3, -0.25) is 4.79 Å². The molecule has 0 amide bonds. The van der Waals surface area contributed by atoms with Crippen molar-refractivity contribution in [2.75, 3.05) is 0 Å². The molecule has 0 spiro atoms. The van der Waals surface area contributed by atoms with Crippen molar-refractivity contribution in [3.63, 3.8) is 0 Å². The minimum Gasteiger partial charge on any atom is -0.480 e. The van der Waals surface area contributed by atoms with Gasteiger partial charge in [-0.15, -0.1) is 0 Å². The first-order valence-corrected chi connectivity index (χ1v) is 7.97. The molecule has 0 bridgehead atoms. The van der Waals surface area contributed by atoms with Crippen LogP contribution in [0.1, 0.15) is 46.0 Å². The average Bonchev–Trinajstić information content (AvgIpc) is 2.42. The van der Waals surface area contributed by atoms with E-state index in [1.165, 1.54) is 0 Å². The summed E-state index contributed by atoms with van der Waals surface area (Å²) in [4.78, 5) is 23.1. The van der Waals surface area contributed by atoms with E-state index in [1.54, 1.807) is 0 Å². The minimum atomic E-state index is -4.92. The number of nitrogens with one attached hydrogen (secondary N) is 1. The van der Waals surface area contributed by atoms with Crippen LogP contribution in [0.5, 0.6) is 0 Å². The van der Waals surface area contributed by atoms with Crippen molar-refractivity contribution in [2.45, 2.75) is 58.2 Å². The van der Waals surface area contributed by atoms with E-state index in [9.17, 15) is 27.9 Å². The Morgan fingerprint density at radius 2 is 1.78 bits per heavy atom. The molecule has 2 rings (SSSR count). The zero-order valence-electron chi connectivity index (χ0n) is 13.2. The maximum Gasteiger partial charge on any atom is 0.454 e. The molecule has 4 nitrogen and oxygen atoms in total. The third-order valence-electron chi connectivity index (χ3n) is 4.63. The fourth-order valence-corrected chi connectivity index (χ4v) is 3.63. The summed E-state index contributed by atoms with van der Waals surface area (Å²) < 4.78 is 38.5. The topological polar surface area (TPSA) is 66.4 Å². The lowest BCUT2D eigenvalue weighted by Crippen LogP contribution is -2.50. The molecule has 1 saturated carbocycles. The molecular weight excluding hydrogens is 311 g/mol. The molecule has 130 valence electrons. The van der Waals surface area contributed by atoms with Crippen LogP contribution in [0.15, 0.2) is 11.3 Å². The lowest BCUT2D eigenvalue weighted by molar-refractivity contribution is -0.168. The van der Waals surface area contributed by atoms with Gasteiger partial charge in [0, 0.05) is 17.2 Å². The van der Waals surface area contributed by atoms with E-state index in [0.29, 0.717) is 19.3 Å². The van der Waals surface area contributed by atoms with E-state index in [4.69, 9.17) is 0 Å². The summed E-state index contributed by atoms with van der Waals surface area (Å²) in [6.45, 7) is 3.69. The molecule has 0 aromatic carbocycles. The van der Waals surface area contributed by atoms with E-state index < -0.39 is 24.0 Å². The zero-order valence-corrected chi connectivity index (χ0v) is 13.2. The van der Waals surface area contributed by atoms with Crippen LogP contribution < -0.4 is 5.32 Å². The summed E-state index contributed by atoms with van der Waals surface area (Å²) in [6.07, 6.45) is -1.66. The molecule has 3 unspecified atom stereocenters. The molecule has 3 atom stereocenters. The molecule has 2 aliphatic carbocycles. The quantitative estimate of drug-likeness (QED) is 0.783. The predicted octanol–water partition coefficient (Wildman–Crippen LogP) is 3.28. The Morgan fingerprint density at radius 3 is 2.26 bits per heavy atom. The lowest BCUT2D eigenvalue weighted by atomic mass is 9.62. The van der Waals surface area contributed by atoms with Crippen molar-refractivity contribution in [1.29, 1.82) is 0 Å². The number of hydrogen-bond donors (Lipinski definition) is 2. The van der Waals surface area contributed by atoms with Gasteiger partial charge in [-0.05, 0) is 31.1 Å². The first-order valence-electron chi connectivity index (χ1n) is 7.97. The third kappa shape index (κ3) is 3.70.